The SMILES string of the molecule is COc1ccc(/C=C/C(=O)Cc2cccc(COc3ccncc3)c2)cc1O. The van der Waals surface area contributed by atoms with Gasteiger partial charge in [0.15, 0.2) is 17.3 Å². The lowest BCUT2D eigenvalue weighted by molar-refractivity contribution is -0.113. The number of nitrogens with zero attached hydrogens (tertiary/aromatic N) is 1. The molecule has 0 saturated heterocycles. The molecule has 3 aromatic rings. The quantitative estimate of drug-likeness (QED) is 0.598. The van der Waals surface area contributed by atoms with E-state index in [4.69, 9.17) is 9.47 Å². The highest BCUT2D eigenvalue weighted by atomic mass is 16.5. The Bertz CT molecular complexity index is 967. The summed E-state index contributed by atoms with van der Waals surface area (Å²) in [5.74, 6) is 1.16. The molecule has 5 nitrogen and oxygen atoms in total. The third kappa shape index (κ3) is 5.45. The van der Waals surface area contributed by atoms with Gasteiger partial charge in [0.05, 0.1) is 7.11 Å². The molecule has 1 aromatic heterocycles. The van der Waals surface area contributed by atoms with Gasteiger partial charge in [-0.3, -0.25) is 9.78 Å². The highest BCUT2D eigenvalue weighted by Gasteiger charge is 2.04. The van der Waals surface area contributed by atoms with Crippen LogP contribution in [-0.2, 0) is 17.8 Å². The van der Waals surface area contributed by atoms with Gasteiger partial charge >= 0.3 is 0 Å². The van der Waals surface area contributed by atoms with Crippen LogP contribution in [0.15, 0.2) is 73.1 Å². The van der Waals surface area contributed by atoms with E-state index in [1.807, 2.05) is 24.3 Å². The molecular formula is C23H21NO4. The van der Waals surface area contributed by atoms with Gasteiger partial charge in [-0.25, -0.2) is 0 Å². The van der Waals surface area contributed by atoms with Gasteiger partial charge in [-0.05, 0) is 47.0 Å². The lowest BCUT2D eigenvalue weighted by Crippen LogP contribution is -2.01. The van der Waals surface area contributed by atoms with Crippen LogP contribution in [0.1, 0.15) is 16.7 Å². The van der Waals surface area contributed by atoms with Gasteiger partial charge in [-0.15, -0.1) is 0 Å². The molecule has 0 fully saturated rings. The van der Waals surface area contributed by atoms with E-state index in [0.717, 1.165) is 22.4 Å². The van der Waals surface area contributed by atoms with Crippen molar-refractivity contribution in [2.24, 2.45) is 0 Å². The summed E-state index contributed by atoms with van der Waals surface area (Å²) in [6.45, 7) is 0.424. The van der Waals surface area contributed by atoms with Gasteiger partial charge in [0.1, 0.15) is 12.4 Å². The number of aromatic hydroxyl groups is 1. The highest BCUT2D eigenvalue weighted by molar-refractivity contribution is 5.95. The summed E-state index contributed by atoms with van der Waals surface area (Å²) >= 11 is 0. The summed E-state index contributed by atoms with van der Waals surface area (Å²) < 4.78 is 10.7. The van der Waals surface area contributed by atoms with Crippen molar-refractivity contribution in [2.45, 2.75) is 13.0 Å². The largest absolute Gasteiger partial charge is 0.504 e. The number of rotatable bonds is 8. The van der Waals surface area contributed by atoms with Gasteiger partial charge in [0.2, 0.25) is 0 Å². The molecule has 0 unspecified atom stereocenters. The van der Waals surface area contributed by atoms with E-state index in [-0.39, 0.29) is 11.5 Å². The van der Waals surface area contributed by atoms with Gasteiger partial charge < -0.3 is 14.6 Å². The Morgan fingerprint density at radius 2 is 1.86 bits per heavy atom. The Hall–Kier alpha value is -3.60. The van der Waals surface area contributed by atoms with Crippen LogP contribution in [0.3, 0.4) is 0 Å². The van der Waals surface area contributed by atoms with E-state index in [2.05, 4.69) is 4.98 Å². The van der Waals surface area contributed by atoms with Crippen molar-refractivity contribution in [3.8, 4) is 17.2 Å². The zero-order valence-electron chi connectivity index (χ0n) is 15.5. The molecule has 5 heteroatoms. The third-order valence-electron chi connectivity index (χ3n) is 4.09. The molecule has 0 aliphatic heterocycles. The van der Waals surface area contributed by atoms with E-state index < -0.39 is 0 Å². The van der Waals surface area contributed by atoms with Crippen molar-refractivity contribution in [1.29, 1.82) is 0 Å². The molecule has 0 radical (unpaired) electrons. The number of aromatic nitrogens is 1. The molecule has 2 aromatic carbocycles. The molecular weight excluding hydrogens is 354 g/mol. The third-order valence-corrected chi connectivity index (χ3v) is 4.09. The van der Waals surface area contributed by atoms with Crippen LogP contribution in [0, 0.1) is 0 Å². The number of carbonyl (C=O) groups is 1. The number of benzene rings is 2. The van der Waals surface area contributed by atoms with E-state index in [9.17, 15) is 9.90 Å². The maximum absolute atomic E-state index is 12.3. The summed E-state index contributed by atoms with van der Waals surface area (Å²) in [6.07, 6.45) is 6.85. The zero-order valence-corrected chi connectivity index (χ0v) is 15.5. The maximum atomic E-state index is 12.3. The van der Waals surface area contributed by atoms with Crippen molar-refractivity contribution >= 4 is 11.9 Å². The summed E-state index contributed by atoms with van der Waals surface area (Å²) in [5, 5.41) is 9.80. The second-order valence-electron chi connectivity index (χ2n) is 6.20. The van der Waals surface area contributed by atoms with E-state index in [0.29, 0.717) is 18.8 Å². The van der Waals surface area contributed by atoms with Crippen LogP contribution in [0.2, 0.25) is 0 Å². The molecule has 0 amide bonds. The topological polar surface area (TPSA) is 68.7 Å². The average molecular weight is 375 g/mol. The molecule has 1 heterocycles. The van der Waals surface area contributed by atoms with Crippen molar-refractivity contribution < 1.29 is 19.4 Å². The molecule has 28 heavy (non-hydrogen) atoms. The summed E-state index contributed by atoms with van der Waals surface area (Å²) in [7, 11) is 1.49. The first-order valence-corrected chi connectivity index (χ1v) is 8.82. The van der Waals surface area contributed by atoms with Crippen LogP contribution in [0.4, 0.5) is 0 Å². The number of hydrogen-bond acceptors (Lipinski definition) is 5. The molecule has 1 N–H and O–H groups in total. The fourth-order valence-corrected chi connectivity index (χ4v) is 2.69. The molecule has 0 spiro atoms. The number of phenolic OH excluding ortho intramolecular Hbond substituents is 1. The minimum absolute atomic E-state index is 0.0255. The van der Waals surface area contributed by atoms with E-state index in [1.54, 1.807) is 48.8 Å². The molecule has 0 aliphatic carbocycles. The number of allylic oxidation sites excluding steroid dienone is 1. The summed E-state index contributed by atoms with van der Waals surface area (Å²) in [6, 6.07) is 16.4. The van der Waals surface area contributed by atoms with Crippen molar-refractivity contribution in [3.05, 3.63) is 89.8 Å². The second-order valence-corrected chi connectivity index (χ2v) is 6.20. The molecule has 0 bridgehead atoms. The number of phenols is 1. The Morgan fingerprint density at radius 1 is 1.07 bits per heavy atom. The Balaban J connectivity index is 1.58. The number of methoxy groups -OCH3 is 1. The number of ketones is 1. The van der Waals surface area contributed by atoms with Crippen LogP contribution in [0.5, 0.6) is 17.2 Å². The normalized spacial score (nSPS) is 10.8. The van der Waals surface area contributed by atoms with Crippen LogP contribution >= 0.6 is 0 Å². The minimum Gasteiger partial charge on any atom is -0.504 e. The Kier molecular flexibility index (Phi) is 6.41. The average Bonchev–Trinajstić information content (AvgIpc) is 2.72. The van der Waals surface area contributed by atoms with Crippen molar-refractivity contribution in [1.82, 2.24) is 4.98 Å². The molecule has 0 atom stereocenters. The van der Waals surface area contributed by atoms with Crippen LogP contribution in [-0.4, -0.2) is 23.0 Å². The van der Waals surface area contributed by atoms with Gasteiger partial charge in [-0.1, -0.05) is 36.4 Å². The van der Waals surface area contributed by atoms with Crippen LogP contribution < -0.4 is 9.47 Å². The smallest absolute Gasteiger partial charge is 0.160 e. The van der Waals surface area contributed by atoms with Gasteiger partial charge in [0, 0.05) is 18.8 Å². The first-order valence-electron chi connectivity index (χ1n) is 8.82. The van der Waals surface area contributed by atoms with Crippen molar-refractivity contribution in [3.63, 3.8) is 0 Å². The predicted octanol–water partition coefficient (Wildman–Crippen LogP) is 4.20. The predicted molar refractivity (Wildman–Crippen MR) is 107 cm³/mol. The van der Waals surface area contributed by atoms with Crippen LogP contribution in [0.25, 0.3) is 6.08 Å². The lowest BCUT2D eigenvalue weighted by Gasteiger charge is -2.07. The second kappa shape index (κ2) is 9.37. The number of carbonyl (C=O) groups excluding carboxylic acids is 1. The number of pyridine rings is 1. The summed E-state index contributed by atoms with van der Waals surface area (Å²) in [5.41, 5.74) is 2.64. The monoisotopic (exact) mass is 375 g/mol. The zero-order chi connectivity index (χ0) is 19.8. The molecule has 3 rings (SSSR count). The maximum Gasteiger partial charge on any atom is 0.160 e. The number of ether oxygens (including phenoxy) is 2. The van der Waals surface area contributed by atoms with E-state index in [1.165, 1.54) is 13.2 Å². The Morgan fingerprint density at radius 3 is 2.61 bits per heavy atom. The molecule has 0 aliphatic rings. The first kappa shape index (κ1) is 19.2. The van der Waals surface area contributed by atoms with Gasteiger partial charge in [0.25, 0.3) is 0 Å². The number of hydrogen-bond donors (Lipinski definition) is 1. The highest BCUT2D eigenvalue weighted by Crippen LogP contribution is 2.26. The van der Waals surface area contributed by atoms with Crippen molar-refractivity contribution in [2.75, 3.05) is 7.11 Å². The summed E-state index contributed by atoms with van der Waals surface area (Å²) in [4.78, 5) is 16.2. The Labute approximate surface area is 163 Å². The fourth-order valence-electron chi connectivity index (χ4n) is 2.69. The lowest BCUT2D eigenvalue weighted by atomic mass is 10.1. The minimum atomic E-state index is -0.0255. The molecule has 0 saturated carbocycles. The van der Waals surface area contributed by atoms with Gasteiger partial charge in [-0.2, -0.15) is 0 Å². The fraction of sp³-hybridized carbons (Fsp3) is 0.130. The molecule has 142 valence electrons. The van der Waals surface area contributed by atoms with E-state index >= 15 is 0 Å². The standard InChI is InChI=1S/C23H21NO4/c1-27-23-8-6-17(15-22(23)26)5-7-20(25)14-18-3-2-4-19(13-18)16-28-21-9-11-24-12-10-21/h2-13,15,26H,14,16H2,1H3/b7-5+. The first-order chi connectivity index (χ1) is 13.6.